The molecule has 13 heteroatoms. The molecule has 1 aliphatic carbocycles. The molecule has 1 fully saturated rings. The van der Waals surface area contributed by atoms with Crippen molar-refractivity contribution >= 4 is 13.8 Å². The molecule has 68 heavy (non-hydrogen) atoms. The average Bonchev–Trinajstić information content (AvgIpc) is 3.32. The molecule has 0 aliphatic heterocycles. The van der Waals surface area contributed by atoms with E-state index in [1.54, 1.807) is 0 Å². The second-order valence-corrected chi connectivity index (χ2v) is 20.1. The fourth-order valence-corrected chi connectivity index (χ4v) is 9.01. The van der Waals surface area contributed by atoms with E-state index in [1.807, 2.05) is 0 Å². The first-order valence-electron chi connectivity index (χ1n) is 27.1. The molecule has 0 bridgehead atoms. The zero-order chi connectivity index (χ0) is 49.8. The van der Waals surface area contributed by atoms with Gasteiger partial charge in [-0.2, -0.15) is 0 Å². The molecule has 6 unspecified atom stereocenters. The van der Waals surface area contributed by atoms with Crippen LogP contribution in [-0.4, -0.2) is 98.9 Å². The monoisotopic (exact) mass is 983 g/mol. The first-order chi connectivity index (χ1) is 33.0. The summed E-state index contributed by atoms with van der Waals surface area (Å²) in [6, 6.07) is 0. The van der Waals surface area contributed by atoms with Gasteiger partial charge in [0.25, 0.3) is 0 Å². The third-order valence-electron chi connectivity index (χ3n) is 12.4. The summed E-state index contributed by atoms with van der Waals surface area (Å²) in [4.78, 5) is 23.3. The fourth-order valence-electron chi connectivity index (χ4n) is 8.04. The first-order valence-corrected chi connectivity index (χ1v) is 28.6. The van der Waals surface area contributed by atoms with Crippen LogP contribution in [0.1, 0.15) is 219 Å². The van der Waals surface area contributed by atoms with Crippen LogP contribution in [-0.2, 0) is 27.9 Å². The van der Waals surface area contributed by atoms with Crippen molar-refractivity contribution in [2.75, 3.05) is 19.8 Å². The predicted molar refractivity (Wildman–Crippen MR) is 276 cm³/mol. The Morgan fingerprint density at radius 2 is 0.824 bits per heavy atom. The number of unbranched alkanes of at least 4 members (excludes halogenated alkanes) is 24. The van der Waals surface area contributed by atoms with E-state index < -0.39 is 63.1 Å². The number of phosphoric ester groups is 1. The van der Waals surface area contributed by atoms with Crippen LogP contribution < -0.4 is 0 Å². The highest BCUT2D eigenvalue weighted by molar-refractivity contribution is 7.47. The lowest BCUT2D eigenvalue weighted by molar-refractivity contribution is -0.220. The van der Waals surface area contributed by atoms with Crippen molar-refractivity contribution in [2.45, 2.75) is 262 Å². The standard InChI is InChI=1S/C55H99O12P/c1-3-5-7-9-11-13-15-17-19-21-23-25-26-28-30-32-34-36-38-40-42-44-49(56)66-48(47-65-68(62,63)67-55-53(60)51(58)50(57)52(59)54(55)61)46-64-45-43-41-39-37-35-33-31-29-27-24-22-20-18-16-14-12-10-8-6-4-2/h12,14-15,17-18,20-21,23,26,28,48,50-55,57-61H,3-11,13,16,19,22,24-25,27,29-47H2,1-2H3,(H,62,63)/b14-12-,17-15-,20-18-,23-21-,28-26-. The Morgan fingerprint density at radius 1 is 0.471 bits per heavy atom. The summed E-state index contributed by atoms with van der Waals surface area (Å²) in [5.74, 6) is -0.490. The molecule has 0 saturated heterocycles. The van der Waals surface area contributed by atoms with Crippen LogP contribution in [0.2, 0.25) is 0 Å². The van der Waals surface area contributed by atoms with E-state index >= 15 is 0 Å². The minimum absolute atomic E-state index is 0.0859. The van der Waals surface area contributed by atoms with Crippen molar-refractivity contribution in [3.05, 3.63) is 60.8 Å². The largest absolute Gasteiger partial charge is 0.472 e. The average molecular weight is 983 g/mol. The second-order valence-electron chi connectivity index (χ2n) is 18.7. The van der Waals surface area contributed by atoms with Gasteiger partial charge in [-0.1, -0.05) is 190 Å². The van der Waals surface area contributed by atoms with Crippen molar-refractivity contribution in [3.63, 3.8) is 0 Å². The quantitative estimate of drug-likeness (QED) is 0.0147. The van der Waals surface area contributed by atoms with Crippen LogP contribution in [0.5, 0.6) is 0 Å². The van der Waals surface area contributed by atoms with E-state index in [4.69, 9.17) is 18.5 Å². The van der Waals surface area contributed by atoms with Gasteiger partial charge in [-0.25, -0.2) is 4.57 Å². The van der Waals surface area contributed by atoms with Crippen LogP contribution in [0.25, 0.3) is 0 Å². The van der Waals surface area contributed by atoms with Gasteiger partial charge in [-0.15, -0.1) is 0 Å². The molecule has 0 aromatic rings. The topological polar surface area (TPSA) is 192 Å². The molecule has 0 aromatic carbocycles. The number of allylic oxidation sites excluding steroid dienone is 10. The number of carbonyl (C=O) groups excluding carboxylic acids is 1. The van der Waals surface area contributed by atoms with Gasteiger partial charge in [-0.05, 0) is 83.5 Å². The van der Waals surface area contributed by atoms with Crippen molar-refractivity contribution in [1.82, 2.24) is 0 Å². The maximum atomic E-state index is 12.9. The summed E-state index contributed by atoms with van der Waals surface area (Å²) in [6.07, 6.45) is 45.6. The molecule has 6 atom stereocenters. The lowest BCUT2D eigenvalue weighted by Crippen LogP contribution is -2.64. The molecule has 396 valence electrons. The third-order valence-corrected chi connectivity index (χ3v) is 13.3. The van der Waals surface area contributed by atoms with Crippen LogP contribution >= 0.6 is 7.82 Å². The molecule has 6 N–H and O–H groups in total. The molecular weight excluding hydrogens is 884 g/mol. The van der Waals surface area contributed by atoms with Gasteiger partial charge in [0, 0.05) is 13.0 Å². The highest BCUT2D eigenvalue weighted by Gasteiger charge is 2.51. The summed E-state index contributed by atoms with van der Waals surface area (Å²) in [5, 5.41) is 50.4. The Kier molecular flexibility index (Phi) is 42.3. The second kappa shape index (κ2) is 44.9. The van der Waals surface area contributed by atoms with E-state index in [9.17, 15) is 39.8 Å². The molecular formula is C55H99O12P. The third kappa shape index (κ3) is 36.0. The Labute approximate surface area is 413 Å². The van der Waals surface area contributed by atoms with E-state index in [2.05, 4.69) is 74.6 Å². The number of aliphatic hydroxyl groups is 5. The number of phosphoric acid groups is 1. The summed E-state index contributed by atoms with van der Waals surface area (Å²) in [7, 11) is -5.03. The first kappa shape index (κ1) is 64.1. The predicted octanol–water partition coefficient (Wildman–Crippen LogP) is 12.5. The Bertz CT molecular complexity index is 1350. The number of aliphatic hydroxyl groups excluding tert-OH is 5. The molecule has 1 aliphatic rings. The number of hydrogen-bond acceptors (Lipinski definition) is 11. The zero-order valence-corrected chi connectivity index (χ0v) is 43.5. The number of rotatable bonds is 46. The normalized spacial score (nSPS) is 21.6. The minimum Gasteiger partial charge on any atom is -0.457 e. The van der Waals surface area contributed by atoms with E-state index in [0.29, 0.717) is 13.0 Å². The lowest BCUT2D eigenvalue weighted by Gasteiger charge is -2.41. The summed E-state index contributed by atoms with van der Waals surface area (Å²) >= 11 is 0. The number of esters is 1. The number of hydrogen-bond donors (Lipinski definition) is 6. The lowest BCUT2D eigenvalue weighted by atomic mass is 9.85. The smallest absolute Gasteiger partial charge is 0.457 e. The van der Waals surface area contributed by atoms with Crippen molar-refractivity contribution in [1.29, 1.82) is 0 Å². The van der Waals surface area contributed by atoms with E-state index in [0.717, 1.165) is 83.5 Å². The number of carbonyl (C=O) groups is 1. The highest BCUT2D eigenvalue weighted by atomic mass is 31.2. The Balaban J connectivity index is 2.34. The molecule has 1 saturated carbocycles. The molecule has 0 aromatic heterocycles. The molecule has 1 rings (SSSR count). The SMILES string of the molecule is CCCCC/C=C\C/C=C\CCCCCCCCCCCCOCC(COP(=O)(O)OC1C(O)C(O)C(O)C(O)C1O)OC(=O)CCCCCCCC/C=C\C/C=C\C/C=C\CCCCCCC. The van der Waals surface area contributed by atoms with Gasteiger partial charge in [0.15, 0.2) is 0 Å². The van der Waals surface area contributed by atoms with Gasteiger partial charge < -0.3 is 39.9 Å². The summed E-state index contributed by atoms with van der Waals surface area (Å²) < 4.78 is 34.3. The van der Waals surface area contributed by atoms with Crippen LogP contribution in [0.3, 0.4) is 0 Å². The Hall–Kier alpha value is -1.96. The van der Waals surface area contributed by atoms with E-state index in [1.165, 1.54) is 109 Å². The van der Waals surface area contributed by atoms with Crippen LogP contribution in [0.4, 0.5) is 0 Å². The number of ether oxygens (including phenoxy) is 2. The fraction of sp³-hybridized carbons (Fsp3) is 0.800. The van der Waals surface area contributed by atoms with Gasteiger partial charge >= 0.3 is 13.8 Å². The van der Waals surface area contributed by atoms with Crippen LogP contribution in [0.15, 0.2) is 60.8 Å². The Morgan fingerprint density at radius 3 is 1.28 bits per heavy atom. The van der Waals surface area contributed by atoms with Crippen molar-refractivity contribution < 1.29 is 58.3 Å². The minimum atomic E-state index is -5.03. The molecule has 0 heterocycles. The van der Waals surface area contributed by atoms with Crippen molar-refractivity contribution in [2.24, 2.45) is 0 Å². The van der Waals surface area contributed by atoms with Gasteiger partial charge in [0.1, 0.15) is 42.7 Å². The van der Waals surface area contributed by atoms with Crippen LogP contribution in [0, 0.1) is 0 Å². The van der Waals surface area contributed by atoms with Gasteiger partial charge in [0.2, 0.25) is 0 Å². The zero-order valence-electron chi connectivity index (χ0n) is 42.6. The molecule has 12 nitrogen and oxygen atoms in total. The van der Waals surface area contributed by atoms with E-state index in [-0.39, 0.29) is 13.0 Å². The maximum Gasteiger partial charge on any atom is 0.472 e. The maximum absolute atomic E-state index is 12.9. The summed E-state index contributed by atoms with van der Waals surface area (Å²) in [6.45, 7) is 4.22. The molecule has 0 amide bonds. The molecule has 0 spiro atoms. The summed E-state index contributed by atoms with van der Waals surface area (Å²) in [5.41, 5.74) is 0. The van der Waals surface area contributed by atoms with Gasteiger partial charge in [-0.3, -0.25) is 13.8 Å². The molecule has 0 radical (unpaired) electrons. The highest BCUT2D eigenvalue weighted by Crippen LogP contribution is 2.47. The van der Waals surface area contributed by atoms with Crippen molar-refractivity contribution in [3.8, 4) is 0 Å². The van der Waals surface area contributed by atoms with Gasteiger partial charge in [0.05, 0.1) is 13.2 Å².